The molecule has 0 fully saturated rings. The Hall–Kier alpha value is -3.75. The first-order valence-electron chi connectivity index (χ1n) is 8.64. The number of Topliss-reactive ketones (excluding diaryl/α,β-unsaturated/α-hetero) is 1. The molecule has 9 heteroatoms. The number of carbonyl (C=O) groups excluding carboxylic acids is 3. The first kappa shape index (κ1) is 21.5. The summed E-state index contributed by atoms with van der Waals surface area (Å²) in [6.45, 7) is 1.30. The molecular formula is C20H23N3O6. The molecule has 0 unspecified atom stereocenters. The van der Waals surface area contributed by atoms with Gasteiger partial charge in [-0.25, -0.2) is 0 Å². The van der Waals surface area contributed by atoms with Crippen LogP contribution in [-0.2, 0) is 4.79 Å². The summed E-state index contributed by atoms with van der Waals surface area (Å²) < 4.78 is 15.6. The molecular weight excluding hydrogens is 378 g/mol. The van der Waals surface area contributed by atoms with Gasteiger partial charge in [-0.05, 0) is 31.2 Å². The normalized spacial score (nSPS) is 9.93. The summed E-state index contributed by atoms with van der Waals surface area (Å²) in [5.41, 5.74) is 5.83. The molecule has 0 aliphatic heterocycles. The molecule has 0 bridgehead atoms. The highest BCUT2D eigenvalue weighted by molar-refractivity contribution is 6.00. The Morgan fingerprint density at radius 1 is 0.897 bits per heavy atom. The number of benzene rings is 2. The van der Waals surface area contributed by atoms with Crippen LogP contribution in [0.25, 0.3) is 0 Å². The number of hydrogen-bond acceptors (Lipinski definition) is 7. The third-order valence-corrected chi connectivity index (χ3v) is 3.99. The number of hydrogen-bond donors (Lipinski definition) is 3. The number of rotatable bonds is 8. The highest BCUT2D eigenvalue weighted by Crippen LogP contribution is 2.38. The van der Waals surface area contributed by atoms with Crippen molar-refractivity contribution in [1.29, 1.82) is 0 Å². The largest absolute Gasteiger partial charge is 0.493 e. The van der Waals surface area contributed by atoms with E-state index in [9.17, 15) is 14.4 Å². The summed E-state index contributed by atoms with van der Waals surface area (Å²) in [5.74, 6) is -0.212. The van der Waals surface area contributed by atoms with E-state index in [1.165, 1.54) is 40.4 Å². The Kier molecular flexibility index (Phi) is 7.41. The molecule has 2 amide bonds. The lowest BCUT2D eigenvalue weighted by molar-refractivity contribution is -0.120. The molecule has 0 saturated heterocycles. The standard InChI is InChI=1S/C20H23N3O6/c1-12(24)14-7-5-6-8-15(14)21-11-18(25)22-23-20(26)13-9-16(27-2)19(29-4)17(10-13)28-3/h5-10,21H,11H2,1-4H3,(H,22,25)(H,23,26). The van der Waals surface area contributed by atoms with E-state index in [4.69, 9.17) is 14.2 Å². The summed E-state index contributed by atoms with van der Waals surface area (Å²) >= 11 is 0. The molecule has 0 saturated carbocycles. The number of ketones is 1. The predicted molar refractivity (Wildman–Crippen MR) is 107 cm³/mol. The van der Waals surface area contributed by atoms with Gasteiger partial charge in [0.25, 0.3) is 11.8 Å². The van der Waals surface area contributed by atoms with Crippen LogP contribution >= 0.6 is 0 Å². The fraction of sp³-hybridized carbons (Fsp3) is 0.250. The number of anilines is 1. The van der Waals surface area contributed by atoms with Crippen LogP contribution in [0.15, 0.2) is 36.4 Å². The van der Waals surface area contributed by atoms with Crippen molar-refractivity contribution in [3.8, 4) is 17.2 Å². The van der Waals surface area contributed by atoms with E-state index in [0.717, 1.165) is 0 Å². The Morgan fingerprint density at radius 2 is 1.52 bits per heavy atom. The lowest BCUT2D eigenvalue weighted by Crippen LogP contribution is -2.44. The van der Waals surface area contributed by atoms with E-state index in [1.54, 1.807) is 24.3 Å². The van der Waals surface area contributed by atoms with Crippen LogP contribution in [0.4, 0.5) is 5.69 Å². The molecule has 0 heterocycles. The molecule has 2 aromatic carbocycles. The molecule has 0 spiro atoms. The Bertz CT molecular complexity index is 888. The van der Waals surface area contributed by atoms with Crippen molar-refractivity contribution < 1.29 is 28.6 Å². The van der Waals surface area contributed by atoms with Crippen LogP contribution in [0.2, 0.25) is 0 Å². The zero-order chi connectivity index (χ0) is 21.4. The van der Waals surface area contributed by atoms with Crippen molar-refractivity contribution in [1.82, 2.24) is 10.9 Å². The first-order valence-corrected chi connectivity index (χ1v) is 8.64. The van der Waals surface area contributed by atoms with Crippen LogP contribution in [0.5, 0.6) is 17.2 Å². The number of methoxy groups -OCH3 is 3. The molecule has 2 rings (SSSR count). The highest BCUT2D eigenvalue weighted by Gasteiger charge is 2.17. The average molecular weight is 401 g/mol. The molecule has 3 N–H and O–H groups in total. The van der Waals surface area contributed by atoms with E-state index < -0.39 is 11.8 Å². The fourth-order valence-corrected chi connectivity index (χ4v) is 2.57. The molecule has 2 aromatic rings. The van der Waals surface area contributed by atoms with Gasteiger partial charge in [-0.15, -0.1) is 0 Å². The molecule has 0 radical (unpaired) electrons. The van der Waals surface area contributed by atoms with Crippen LogP contribution in [0.1, 0.15) is 27.6 Å². The van der Waals surface area contributed by atoms with E-state index in [2.05, 4.69) is 16.2 Å². The van der Waals surface area contributed by atoms with Gasteiger partial charge in [0, 0.05) is 16.8 Å². The second-order valence-corrected chi connectivity index (χ2v) is 5.87. The minimum absolute atomic E-state index is 0.121. The molecule has 9 nitrogen and oxygen atoms in total. The third kappa shape index (κ3) is 5.38. The van der Waals surface area contributed by atoms with Gasteiger partial charge in [0.15, 0.2) is 17.3 Å². The van der Waals surface area contributed by atoms with E-state index in [0.29, 0.717) is 28.5 Å². The summed E-state index contributed by atoms with van der Waals surface area (Å²) in [6, 6.07) is 9.76. The van der Waals surface area contributed by atoms with Crippen molar-refractivity contribution in [3.63, 3.8) is 0 Å². The zero-order valence-electron chi connectivity index (χ0n) is 16.6. The molecule has 0 atom stereocenters. The number of ether oxygens (including phenoxy) is 3. The summed E-state index contributed by atoms with van der Waals surface area (Å²) in [7, 11) is 4.33. The fourth-order valence-electron chi connectivity index (χ4n) is 2.57. The van der Waals surface area contributed by atoms with Crippen LogP contribution in [0, 0.1) is 0 Å². The molecule has 29 heavy (non-hydrogen) atoms. The van der Waals surface area contributed by atoms with E-state index >= 15 is 0 Å². The topological polar surface area (TPSA) is 115 Å². The summed E-state index contributed by atoms with van der Waals surface area (Å²) in [6.07, 6.45) is 0. The van der Waals surface area contributed by atoms with Crippen molar-refractivity contribution in [3.05, 3.63) is 47.5 Å². The molecule has 0 aliphatic carbocycles. The van der Waals surface area contributed by atoms with Crippen LogP contribution in [0.3, 0.4) is 0 Å². The summed E-state index contributed by atoms with van der Waals surface area (Å²) in [4.78, 5) is 36.0. The number of amides is 2. The number of nitrogens with one attached hydrogen (secondary N) is 3. The minimum Gasteiger partial charge on any atom is -0.493 e. The molecule has 154 valence electrons. The van der Waals surface area contributed by atoms with Gasteiger partial charge in [0.2, 0.25) is 5.75 Å². The smallest absolute Gasteiger partial charge is 0.269 e. The Balaban J connectivity index is 1.99. The van der Waals surface area contributed by atoms with E-state index in [1.807, 2.05) is 0 Å². The van der Waals surface area contributed by atoms with Gasteiger partial charge in [0.1, 0.15) is 0 Å². The van der Waals surface area contributed by atoms with Gasteiger partial charge in [-0.2, -0.15) is 0 Å². The average Bonchev–Trinajstić information content (AvgIpc) is 2.74. The Labute approximate surface area is 168 Å². The Morgan fingerprint density at radius 3 is 2.07 bits per heavy atom. The first-order chi connectivity index (χ1) is 13.9. The number of hydrazine groups is 1. The second kappa shape index (κ2) is 9.98. The van der Waals surface area contributed by atoms with Crippen LogP contribution < -0.4 is 30.4 Å². The maximum Gasteiger partial charge on any atom is 0.269 e. The quantitative estimate of drug-likeness (QED) is 0.456. The molecule has 0 aromatic heterocycles. The van der Waals surface area contributed by atoms with Crippen molar-refractivity contribution >= 4 is 23.3 Å². The molecule has 0 aliphatic rings. The maximum absolute atomic E-state index is 12.4. The monoisotopic (exact) mass is 401 g/mol. The number of carbonyl (C=O) groups is 3. The zero-order valence-corrected chi connectivity index (χ0v) is 16.6. The van der Waals surface area contributed by atoms with Gasteiger partial charge < -0.3 is 19.5 Å². The van der Waals surface area contributed by atoms with E-state index in [-0.39, 0.29) is 17.9 Å². The van der Waals surface area contributed by atoms with Gasteiger partial charge in [-0.3, -0.25) is 25.2 Å². The third-order valence-electron chi connectivity index (χ3n) is 3.99. The van der Waals surface area contributed by atoms with Crippen molar-refractivity contribution in [2.75, 3.05) is 33.2 Å². The highest BCUT2D eigenvalue weighted by atomic mass is 16.5. The minimum atomic E-state index is -0.568. The number of para-hydroxylation sites is 1. The lowest BCUT2D eigenvalue weighted by atomic mass is 10.1. The summed E-state index contributed by atoms with van der Waals surface area (Å²) in [5, 5.41) is 2.87. The second-order valence-electron chi connectivity index (χ2n) is 5.87. The van der Waals surface area contributed by atoms with Gasteiger partial charge in [-0.1, -0.05) is 12.1 Å². The SMILES string of the molecule is COc1cc(C(=O)NNC(=O)CNc2ccccc2C(C)=O)cc(OC)c1OC. The van der Waals surface area contributed by atoms with Crippen LogP contribution in [-0.4, -0.2) is 45.5 Å². The van der Waals surface area contributed by atoms with Crippen molar-refractivity contribution in [2.45, 2.75) is 6.92 Å². The lowest BCUT2D eigenvalue weighted by Gasteiger charge is -2.14. The van der Waals surface area contributed by atoms with Crippen molar-refractivity contribution in [2.24, 2.45) is 0 Å². The van der Waals surface area contributed by atoms with Gasteiger partial charge in [0.05, 0.1) is 27.9 Å². The van der Waals surface area contributed by atoms with Gasteiger partial charge >= 0.3 is 0 Å². The predicted octanol–water partition coefficient (Wildman–Crippen LogP) is 1.79. The maximum atomic E-state index is 12.4.